The highest BCUT2D eigenvalue weighted by molar-refractivity contribution is 7.89. The lowest BCUT2D eigenvalue weighted by molar-refractivity contribution is -0.128. The van der Waals surface area contributed by atoms with E-state index in [4.69, 9.17) is 0 Å². The maximum absolute atomic E-state index is 12.7. The minimum Gasteiger partial charge on any atom is -0.363 e. The van der Waals surface area contributed by atoms with E-state index < -0.39 is 15.4 Å². The number of pyridine rings is 1. The summed E-state index contributed by atoms with van der Waals surface area (Å²) in [6.07, 6.45) is 3.83. The summed E-state index contributed by atoms with van der Waals surface area (Å²) >= 11 is 0. The number of ketones is 1. The zero-order chi connectivity index (χ0) is 18.5. The molecule has 3 rings (SSSR count). The fourth-order valence-electron chi connectivity index (χ4n) is 4.49. The van der Waals surface area contributed by atoms with Crippen molar-refractivity contribution < 1.29 is 13.2 Å². The summed E-state index contributed by atoms with van der Waals surface area (Å²) in [6.45, 7) is 4.31. The second-order valence-corrected chi connectivity index (χ2v) is 9.97. The molecule has 138 valence electrons. The zero-order valence-corrected chi connectivity index (χ0v) is 16.2. The van der Waals surface area contributed by atoms with Crippen LogP contribution < -0.4 is 9.62 Å². The van der Waals surface area contributed by atoms with Gasteiger partial charge in [-0.3, -0.25) is 4.79 Å². The Hall–Kier alpha value is -1.47. The summed E-state index contributed by atoms with van der Waals surface area (Å²) in [4.78, 5) is 18.6. The SMILES string of the molecule is CN(C)c1cc(CNS(=O)(=O)CC23CCC(CC2=O)C3(C)C)ccn1. The Labute approximate surface area is 150 Å². The van der Waals surface area contributed by atoms with Crippen molar-refractivity contribution in [2.45, 2.75) is 39.7 Å². The minimum absolute atomic E-state index is 0.103. The maximum Gasteiger partial charge on any atom is 0.212 e. The lowest BCUT2D eigenvalue weighted by atomic mass is 9.70. The van der Waals surface area contributed by atoms with Gasteiger partial charge in [0.05, 0.1) is 5.75 Å². The molecule has 1 N–H and O–H groups in total. The first-order valence-corrected chi connectivity index (χ1v) is 10.4. The molecule has 0 amide bonds. The molecule has 2 aliphatic rings. The molecule has 1 heterocycles. The van der Waals surface area contributed by atoms with Crippen LogP contribution in [0.5, 0.6) is 0 Å². The van der Waals surface area contributed by atoms with Crippen LogP contribution in [-0.2, 0) is 21.4 Å². The highest BCUT2D eigenvalue weighted by Gasteiger charge is 2.65. The normalized spacial score (nSPS) is 27.7. The van der Waals surface area contributed by atoms with Crippen LogP contribution in [0.2, 0.25) is 0 Å². The first kappa shape index (κ1) is 18.3. The predicted molar refractivity (Wildman–Crippen MR) is 97.8 cm³/mol. The van der Waals surface area contributed by atoms with Crippen molar-refractivity contribution in [2.75, 3.05) is 24.7 Å². The van der Waals surface area contributed by atoms with E-state index in [1.54, 1.807) is 12.3 Å². The van der Waals surface area contributed by atoms with Crippen molar-refractivity contribution >= 4 is 21.6 Å². The number of fused-ring (bicyclic) bond motifs is 2. The van der Waals surface area contributed by atoms with E-state index in [0.717, 1.165) is 17.8 Å². The highest BCUT2D eigenvalue weighted by atomic mass is 32.2. The fourth-order valence-corrected chi connectivity index (χ4v) is 6.31. The topological polar surface area (TPSA) is 79.4 Å². The van der Waals surface area contributed by atoms with Crippen LogP contribution in [0.3, 0.4) is 0 Å². The third-order valence-electron chi connectivity index (χ3n) is 6.34. The van der Waals surface area contributed by atoms with Crippen LogP contribution in [0.25, 0.3) is 0 Å². The van der Waals surface area contributed by atoms with Crippen molar-refractivity contribution in [3.05, 3.63) is 23.9 Å². The van der Waals surface area contributed by atoms with E-state index in [2.05, 4.69) is 23.6 Å². The molecule has 2 aliphatic carbocycles. The molecule has 2 fully saturated rings. The number of hydrogen-bond donors (Lipinski definition) is 1. The van der Waals surface area contributed by atoms with Crippen LogP contribution >= 0.6 is 0 Å². The second-order valence-electron chi connectivity index (χ2n) is 8.16. The van der Waals surface area contributed by atoms with Crippen LogP contribution in [0.4, 0.5) is 5.82 Å². The molecule has 25 heavy (non-hydrogen) atoms. The van der Waals surface area contributed by atoms with Gasteiger partial charge in [0.1, 0.15) is 11.6 Å². The maximum atomic E-state index is 12.7. The van der Waals surface area contributed by atoms with Gasteiger partial charge < -0.3 is 4.90 Å². The Morgan fingerprint density at radius 1 is 1.36 bits per heavy atom. The molecule has 2 bridgehead atoms. The zero-order valence-electron chi connectivity index (χ0n) is 15.4. The quantitative estimate of drug-likeness (QED) is 0.834. The summed E-state index contributed by atoms with van der Waals surface area (Å²) in [5.74, 6) is 1.12. The number of nitrogens with zero attached hydrogens (tertiary/aromatic N) is 2. The van der Waals surface area contributed by atoms with E-state index in [0.29, 0.717) is 18.8 Å². The van der Waals surface area contributed by atoms with Gasteiger partial charge in [0.2, 0.25) is 10.0 Å². The van der Waals surface area contributed by atoms with Crippen molar-refractivity contribution in [3.8, 4) is 0 Å². The smallest absolute Gasteiger partial charge is 0.212 e. The minimum atomic E-state index is -3.55. The first-order chi connectivity index (χ1) is 11.6. The Balaban J connectivity index is 1.73. The number of hydrogen-bond acceptors (Lipinski definition) is 5. The lowest BCUT2D eigenvalue weighted by Gasteiger charge is -2.36. The molecule has 6 nitrogen and oxygen atoms in total. The summed E-state index contributed by atoms with van der Waals surface area (Å²) < 4.78 is 28.1. The van der Waals surface area contributed by atoms with Crippen molar-refractivity contribution in [1.29, 1.82) is 0 Å². The Kier molecular flexibility index (Phi) is 4.44. The van der Waals surface area contributed by atoms with Crippen molar-refractivity contribution in [1.82, 2.24) is 9.71 Å². The molecule has 0 radical (unpaired) electrons. The van der Waals surface area contributed by atoms with E-state index in [1.165, 1.54) is 0 Å². The number of aromatic nitrogens is 1. The van der Waals surface area contributed by atoms with Crippen molar-refractivity contribution in [3.63, 3.8) is 0 Å². The summed E-state index contributed by atoms with van der Waals surface area (Å²) in [5.41, 5.74) is -0.120. The van der Waals surface area contributed by atoms with Gasteiger partial charge >= 0.3 is 0 Å². The van der Waals surface area contributed by atoms with E-state index in [9.17, 15) is 13.2 Å². The van der Waals surface area contributed by atoms with Crippen LogP contribution in [0, 0.1) is 16.7 Å². The first-order valence-electron chi connectivity index (χ1n) is 8.70. The Morgan fingerprint density at radius 3 is 2.64 bits per heavy atom. The van der Waals surface area contributed by atoms with E-state index >= 15 is 0 Å². The number of sulfonamides is 1. The molecule has 0 saturated heterocycles. The summed E-state index contributed by atoms with van der Waals surface area (Å²) in [7, 11) is 0.228. The average Bonchev–Trinajstić information content (AvgIpc) is 2.87. The molecular weight excluding hydrogens is 338 g/mol. The second kappa shape index (κ2) is 6.06. The van der Waals surface area contributed by atoms with Gasteiger partial charge in [-0.25, -0.2) is 18.1 Å². The molecule has 7 heteroatoms. The predicted octanol–water partition coefficient (Wildman–Crippen LogP) is 1.96. The number of carbonyl (C=O) groups excluding carboxylic acids is 1. The summed E-state index contributed by atoms with van der Waals surface area (Å²) in [5, 5.41) is 0. The van der Waals surface area contributed by atoms with Crippen LogP contribution in [-0.4, -0.2) is 39.0 Å². The molecule has 2 atom stereocenters. The van der Waals surface area contributed by atoms with E-state index in [1.807, 2.05) is 25.1 Å². The number of carbonyl (C=O) groups is 1. The third kappa shape index (κ3) is 3.08. The largest absolute Gasteiger partial charge is 0.363 e. The van der Waals surface area contributed by atoms with Crippen LogP contribution in [0.15, 0.2) is 18.3 Å². The van der Waals surface area contributed by atoms with Gasteiger partial charge in [-0.1, -0.05) is 13.8 Å². The summed E-state index contributed by atoms with van der Waals surface area (Å²) in [6, 6.07) is 3.65. The third-order valence-corrected chi connectivity index (χ3v) is 7.80. The molecule has 0 spiro atoms. The van der Waals surface area contributed by atoms with E-state index in [-0.39, 0.29) is 23.5 Å². The molecular formula is C18H27N3O3S. The van der Waals surface area contributed by atoms with Gasteiger partial charge in [-0.05, 0) is 41.9 Å². The standard InChI is InChI=1S/C18H27N3O3S/c1-17(2)14-5-7-18(17,15(22)10-14)12-25(23,24)20-11-13-6-8-19-16(9-13)21(3)4/h6,8-9,14,20H,5,7,10-12H2,1-4H3. The number of anilines is 1. The van der Waals surface area contributed by atoms with Gasteiger partial charge in [-0.15, -0.1) is 0 Å². The highest BCUT2D eigenvalue weighted by Crippen LogP contribution is 2.64. The number of Topliss-reactive ketones (excluding diaryl/α,β-unsaturated/α-hetero) is 1. The molecule has 2 saturated carbocycles. The van der Waals surface area contributed by atoms with Gasteiger partial charge in [0.25, 0.3) is 0 Å². The molecule has 1 aromatic heterocycles. The number of nitrogens with one attached hydrogen (secondary N) is 1. The molecule has 0 aromatic carbocycles. The molecule has 2 unspecified atom stereocenters. The average molecular weight is 365 g/mol. The van der Waals surface area contributed by atoms with Crippen molar-refractivity contribution in [2.24, 2.45) is 16.7 Å². The lowest BCUT2D eigenvalue weighted by Crippen LogP contribution is -2.45. The Bertz CT molecular complexity index is 789. The monoisotopic (exact) mass is 365 g/mol. The van der Waals surface area contributed by atoms with Gasteiger partial charge in [0, 0.05) is 38.7 Å². The Morgan fingerprint density at radius 2 is 2.08 bits per heavy atom. The van der Waals surface area contributed by atoms with Gasteiger partial charge in [-0.2, -0.15) is 0 Å². The molecule has 1 aromatic rings. The van der Waals surface area contributed by atoms with Gasteiger partial charge in [0.15, 0.2) is 0 Å². The number of rotatable bonds is 6. The molecule has 0 aliphatic heterocycles. The van der Waals surface area contributed by atoms with Crippen LogP contribution in [0.1, 0.15) is 38.7 Å². The fraction of sp³-hybridized carbons (Fsp3) is 0.667.